The zero-order valence-electron chi connectivity index (χ0n) is 13.9. The Morgan fingerprint density at radius 1 is 1.26 bits per heavy atom. The van der Waals surface area contributed by atoms with Crippen LogP contribution in [0.5, 0.6) is 0 Å². The lowest BCUT2D eigenvalue weighted by Gasteiger charge is -2.06. The molecule has 0 aliphatic heterocycles. The molecule has 0 fully saturated rings. The van der Waals surface area contributed by atoms with Crippen molar-refractivity contribution in [1.82, 2.24) is 20.0 Å². The third-order valence-electron chi connectivity index (χ3n) is 3.93. The largest absolute Gasteiger partial charge is 0.350 e. The Kier molecular flexibility index (Phi) is 4.51. The fourth-order valence-electron chi connectivity index (χ4n) is 2.61. The monoisotopic (exact) mass is 384 g/mol. The molecule has 9 heteroatoms. The van der Waals surface area contributed by atoms with Crippen LogP contribution >= 0.6 is 11.3 Å². The molecule has 0 saturated carbocycles. The summed E-state index contributed by atoms with van der Waals surface area (Å²) in [5, 5.41) is 8.70. The Hall–Kier alpha value is -3.33. The van der Waals surface area contributed by atoms with Crippen LogP contribution < -0.4 is 10.9 Å². The normalized spacial score (nSPS) is 11.0. The van der Waals surface area contributed by atoms with Crippen LogP contribution in [0.2, 0.25) is 0 Å². The molecule has 0 radical (unpaired) electrons. The molecule has 0 bridgehead atoms. The van der Waals surface area contributed by atoms with E-state index in [1.165, 1.54) is 46.5 Å². The first kappa shape index (κ1) is 17.1. The van der Waals surface area contributed by atoms with Crippen LogP contribution in [0.3, 0.4) is 0 Å². The van der Waals surface area contributed by atoms with Gasteiger partial charge in [0.15, 0.2) is 0 Å². The van der Waals surface area contributed by atoms with Gasteiger partial charge in [0.1, 0.15) is 29.8 Å². The minimum absolute atomic E-state index is 0.0644. The third kappa shape index (κ3) is 3.49. The van der Waals surface area contributed by atoms with Gasteiger partial charge in [0, 0.05) is 10.4 Å². The molecule has 3 heterocycles. The maximum atomic E-state index is 13.1. The zero-order valence-corrected chi connectivity index (χ0v) is 14.7. The van der Waals surface area contributed by atoms with Crippen molar-refractivity contribution in [2.45, 2.75) is 13.1 Å². The second kappa shape index (κ2) is 7.12. The summed E-state index contributed by atoms with van der Waals surface area (Å²) in [4.78, 5) is 30.0. The van der Waals surface area contributed by atoms with Gasteiger partial charge in [-0.2, -0.15) is 0 Å². The number of carbonyl (C=O) groups excluding carboxylic acids is 1. The van der Waals surface area contributed by atoms with Crippen LogP contribution in [-0.2, 0) is 17.9 Å². The number of carbonyl (C=O) groups is 1. The van der Waals surface area contributed by atoms with E-state index in [-0.39, 0.29) is 29.2 Å². The summed E-state index contributed by atoms with van der Waals surface area (Å²) in [6.07, 6.45) is 1.25. The molecule has 4 aromatic rings. The third-order valence-corrected chi connectivity index (χ3v) is 4.81. The molecule has 4 rings (SSSR count). The lowest BCUT2D eigenvalue weighted by atomic mass is 10.1. The molecule has 0 saturated heterocycles. The van der Waals surface area contributed by atoms with Crippen molar-refractivity contribution in [3.05, 3.63) is 69.2 Å². The van der Waals surface area contributed by atoms with E-state index >= 15 is 0 Å². The summed E-state index contributed by atoms with van der Waals surface area (Å²) in [6, 6.07) is 9.34. The molecule has 0 unspecified atom stereocenters. The molecule has 0 spiro atoms. The number of nitrogens with one attached hydrogen (secondary N) is 1. The van der Waals surface area contributed by atoms with Gasteiger partial charge >= 0.3 is 0 Å². The first-order valence-corrected chi connectivity index (χ1v) is 8.89. The Morgan fingerprint density at radius 2 is 2.07 bits per heavy atom. The summed E-state index contributed by atoms with van der Waals surface area (Å²) >= 11 is 1.53. The van der Waals surface area contributed by atoms with E-state index in [0.29, 0.717) is 12.1 Å². The van der Waals surface area contributed by atoms with Gasteiger partial charge in [-0.25, -0.2) is 9.37 Å². The molecular weight excluding hydrogens is 371 g/mol. The van der Waals surface area contributed by atoms with Gasteiger partial charge in [0.25, 0.3) is 11.3 Å². The van der Waals surface area contributed by atoms with Gasteiger partial charge in [-0.15, -0.1) is 11.3 Å². The maximum Gasteiger partial charge on any atom is 0.267 e. The highest BCUT2D eigenvalue weighted by Gasteiger charge is 2.18. The number of thiophene rings is 1. The second-order valence-electron chi connectivity index (χ2n) is 5.75. The number of hydrogen-bond donors (Lipinski definition) is 1. The molecule has 1 amide bonds. The summed E-state index contributed by atoms with van der Waals surface area (Å²) < 4.78 is 19.4. The molecular formula is C18H13FN4O3S. The smallest absolute Gasteiger partial charge is 0.267 e. The van der Waals surface area contributed by atoms with Crippen molar-refractivity contribution in [1.29, 1.82) is 0 Å². The predicted molar refractivity (Wildman–Crippen MR) is 97.6 cm³/mol. The van der Waals surface area contributed by atoms with Gasteiger partial charge < -0.3 is 9.84 Å². The lowest BCUT2D eigenvalue weighted by Crippen LogP contribution is -2.32. The highest BCUT2D eigenvalue weighted by Crippen LogP contribution is 2.24. The Balaban J connectivity index is 1.61. The number of rotatable bonds is 5. The van der Waals surface area contributed by atoms with E-state index in [4.69, 9.17) is 4.52 Å². The number of benzene rings is 1. The van der Waals surface area contributed by atoms with E-state index in [1.54, 1.807) is 0 Å². The van der Waals surface area contributed by atoms with Crippen LogP contribution in [0, 0.1) is 5.82 Å². The van der Waals surface area contributed by atoms with Crippen LogP contribution in [0.15, 0.2) is 57.4 Å². The average Bonchev–Trinajstić information content (AvgIpc) is 3.33. The molecule has 1 N–H and O–H groups in total. The van der Waals surface area contributed by atoms with Gasteiger partial charge in [0.05, 0.1) is 6.54 Å². The Morgan fingerprint density at radius 3 is 2.81 bits per heavy atom. The van der Waals surface area contributed by atoms with Crippen LogP contribution in [0.4, 0.5) is 4.39 Å². The minimum Gasteiger partial charge on any atom is -0.350 e. The molecule has 27 heavy (non-hydrogen) atoms. The Labute approximate surface area is 156 Å². The van der Waals surface area contributed by atoms with Crippen LogP contribution in [-0.4, -0.2) is 20.6 Å². The van der Waals surface area contributed by atoms with E-state index < -0.39 is 11.4 Å². The number of fused-ring (bicyclic) bond motifs is 1. The van der Waals surface area contributed by atoms with E-state index in [1.807, 2.05) is 17.5 Å². The number of aromatic nitrogens is 3. The van der Waals surface area contributed by atoms with Crippen molar-refractivity contribution >= 4 is 28.3 Å². The summed E-state index contributed by atoms with van der Waals surface area (Å²) in [7, 11) is 0. The van der Waals surface area contributed by atoms with Gasteiger partial charge in [-0.3, -0.25) is 14.2 Å². The molecule has 1 aromatic carbocycles. The molecule has 7 nitrogen and oxygen atoms in total. The standard InChI is InChI=1S/C18H13FN4O3S/c19-12-5-3-11(4-6-12)16-15-17(26-22-16)21-10-23(18(15)25)9-14(24)20-8-13-2-1-7-27-13/h1-7,10H,8-9H2,(H,20,24). The molecule has 0 aliphatic carbocycles. The van der Waals surface area contributed by atoms with E-state index in [9.17, 15) is 14.0 Å². The fourth-order valence-corrected chi connectivity index (χ4v) is 3.25. The van der Waals surface area contributed by atoms with Gasteiger partial charge in [-0.1, -0.05) is 11.2 Å². The first-order chi connectivity index (χ1) is 13.1. The van der Waals surface area contributed by atoms with Crippen molar-refractivity contribution in [2.24, 2.45) is 0 Å². The highest BCUT2D eigenvalue weighted by molar-refractivity contribution is 7.09. The highest BCUT2D eigenvalue weighted by atomic mass is 32.1. The molecule has 0 atom stereocenters. The lowest BCUT2D eigenvalue weighted by molar-refractivity contribution is -0.121. The SMILES string of the molecule is O=C(Cn1cnc2onc(-c3ccc(F)cc3)c2c1=O)NCc1cccs1. The zero-order chi connectivity index (χ0) is 18.8. The van der Waals surface area contributed by atoms with E-state index in [0.717, 1.165) is 4.88 Å². The van der Waals surface area contributed by atoms with Crippen LogP contribution in [0.25, 0.3) is 22.4 Å². The summed E-state index contributed by atoms with van der Waals surface area (Å²) in [5.74, 6) is -0.712. The summed E-state index contributed by atoms with van der Waals surface area (Å²) in [5.41, 5.74) is 0.395. The van der Waals surface area contributed by atoms with Gasteiger partial charge in [0.2, 0.25) is 5.91 Å². The average molecular weight is 384 g/mol. The molecule has 136 valence electrons. The topological polar surface area (TPSA) is 90.0 Å². The number of amides is 1. The van der Waals surface area contributed by atoms with Gasteiger partial charge in [-0.05, 0) is 35.7 Å². The second-order valence-corrected chi connectivity index (χ2v) is 6.78. The maximum absolute atomic E-state index is 13.1. The Bertz CT molecular complexity index is 1150. The minimum atomic E-state index is -0.452. The van der Waals surface area contributed by atoms with Crippen molar-refractivity contribution in [3.8, 4) is 11.3 Å². The van der Waals surface area contributed by atoms with Crippen LogP contribution in [0.1, 0.15) is 4.88 Å². The number of hydrogen-bond acceptors (Lipinski definition) is 6. The first-order valence-electron chi connectivity index (χ1n) is 8.01. The fraction of sp³-hybridized carbons (Fsp3) is 0.111. The quantitative estimate of drug-likeness (QED) is 0.571. The molecule has 0 aliphatic rings. The van der Waals surface area contributed by atoms with Crippen molar-refractivity contribution < 1.29 is 13.7 Å². The molecule has 3 aromatic heterocycles. The number of nitrogens with zero attached hydrogens (tertiary/aromatic N) is 3. The number of halogens is 1. The predicted octanol–water partition coefficient (Wildman–Crippen LogP) is 2.57. The summed E-state index contributed by atoms with van der Waals surface area (Å²) in [6.45, 7) is 0.218. The van der Waals surface area contributed by atoms with E-state index in [2.05, 4.69) is 15.5 Å². The van der Waals surface area contributed by atoms with Crippen molar-refractivity contribution in [3.63, 3.8) is 0 Å². The van der Waals surface area contributed by atoms with Crippen molar-refractivity contribution in [2.75, 3.05) is 0 Å².